The first-order valence-electron chi connectivity index (χ1n) is 8.17. The van der Waals surface area contributed by atoms with Gasteiger partial charge in [0.05, 0.1) is 17.6 Å². The summed E-state index contributed by atoms with van der Waals surface area (Å²) in [5, 5.41) is 9.78. The predicted molar refractivity (Wildman–Crippen MR) is 86.4 cm³/mol. The van der Waals surface area contributed by atoms with Gasteiger partial charge in [-0.15, -0.1) is 0 Å². The molecule has 1 N–H and O–H groups in total. The van der Waals surface area contributed by atoms with E-state index >= 15 is 0 Å². The highest BCUT2D eigenvalue weighted by Crippen LogP contribution is 2.35. The number of furan rings is 1. The number of benzene rings is 1. The Morgan fingerprint density at radius 1 is 1.22 bits per heavy atom. The third kappa shape index (κ3) is 3.60. The molecule has 0 radical (unpaired) electrons. The van der Waals surface area contributed by atoms with E-state index in [9.17, 15) is 4.79 Å². The largest absolute Gasteiger partial charge is 0.490 e. The molecule has 1 aromatic carbocycles. The lowest BCUT2D eigenvalue weighted by molar-refractivity contribution is 0.0665. The fourth-order valence-electron chi connectivity index (χ4n) is 2.98. The van der Waals surface area contributed by atoms with Gasteiger partial charge in [0.1, 0.15) is 17.1 Å². The van der Waals surface area contributed by atoms with Gasteiger partial charge in [-0.25, -0.2) is 4.79 Å². The molecule has 0 saturated heterocycles. The summed E-state index contributed by atoms with van der Waals surface area (Å²) < 4.78 is 17.3. The first kappa shape index (κ1) is 15.7. The zero-order chi connectivity index (χ0) is 16.4. The Morgan fingerprint density at radius 3 is 2.61 bits per heavy atom. The van der Waals surface area contributed by atoms with Crippen LogP contribution in [0.4, 0.5) is 0 Å². The van der Waals surface area contributed by atoms with E-state index in [4.69, 9.17) is 19.0 Å². The van der Waals surface area contributed by atoms with Crippen LogP contribution in [0.5, 0.6) is 11.5 Å². The Morgan fingerprint density at radius 2 is 1.96 bits per heavy atom. The number of carboxylic acids is 1. The van der Waals surface area contributed by atoms with Gasteiger partial charge in [-0.3, -0.25) is 0 Å². The van der Waals surface area contributed by atoms with Gasteiger partial charge in [0.25, 0.3) is 0 Å². The van der Waals surface area contributed by atoms with Crippen molar-refractivity contribution in [3.8, 4) is 11.5 Å². The van der Waals surface area contributed by atoms with Gasteiger partial charge in [0.15, 0.2) is 0 Å². The van der Waals surface area contributed by atoms with Crippen molar-refractivity contribution in [3.05, 3.63) is 24.0 Å². The molecule has 5 nitrogen and oxygen atoms in total. The van der Waals surface area contributed by atoms with E-state index in [2.05, 4.69) is 0 Å². The van der Waals surface area contributed by atoms with Crippen molar-refractivity contribution in [2.24, 2.45) is 0 Å². The summed E-state index contributed by atoms with van der Waals surface area (Å²) in [6.07, 6.45) is 5.93. The molecule has 23 heavy (non-hydrogen) atoms. The average molecular weight is 318 g/mol. The van der Waals surface area contributed by atoms with Crippen molar-refractivity contribution in [1.82, 2.24) is 0 Å². The molecule has 124 valence electrons. The maximum Gasteiger partial charge on any atom is 0.371 e. The first-order chi connectivity index (χ1) is 11.0. The monoisotopic (exact) mass is 318 g/mol. The van der Waals surface area contributed by atoms with Crippen LogP contribution in [0.25, 0.3) is 11.0 Å². The van der Waals surface area contributed by atoms with Crippen molar-refractivity contribution in [3.63, 3.8) is 0 Å². The summed E-state index contributed by atoms with van der Waals surface area (Å²) >= 11 is 0. The Bertz CT molecular complexity index is 695. The van der Waals surface area contributed by atoms with Crippen molar-refractivity contribution in [2.45, 2.75) is 58.2 Å². The normalized spacial score (nSPS) is 16.0. The van der Waals surface area contributed by atoms with Crippen LogP contribution in [0.1, 0.15) is 56.5 Å². The molecule has 0 atom stereocenters. The number of carbonyl (C=O) groups is 1. The molecular formula is C18H22O5. The van der Waals surface area contributed by atoms with Gasteiger partial charge < -0.3 is 19.0 Å². The highest BCUT2D eigenvalue weighted by Gasteiger charge is 2.19. The Balaban J connectivity index is 1.95. The van der Waals surface area contributed by atoms with E-state index in [0.29, 0.717) is 22.5 Å². The van der Waals surface area contributed by atoms with Crippen LogP contribution in [0.15, 0.2) is 22.6 Å². The maximum atomic E-state index is 11.1. The van der Waals surface area contributed by atoms with E-state index in [1.165, 1.54) is 25.3 Å². The molecule has 3 rings (SSSR count). The Kier molecular flexibility index (Phi) is 4.46. The van der Waals surface area contributed by atoms with E-state index in [1.54, 1.807) is 6.07 Å². The van der Waals surface area contributed by atoms with Crippen LogP contribution >= 0.6 is 0 Å². The maximum absolute atomic E-state index is 11.1. The zero-order valence-corrected chi connectivity index (χ0v) is 13.5. The molecule has 1 fully saturated rings. The van der Waals surface area contributed by atoms with Crippen LogP contribution in [0.3, 0.4) is 0 Å². The summed E-state index contributed by atoms with van der Waals surface area (Å²) in [6.45, 7) is 3.86. The molecular weight excluding hydrogens is 296 g/mol. The number of hydrogen-bond donors (Lipinski definition) is 1. The molecule has 0 amide bonds. The third-order valence-corrected chi connectivity index (χ3v) is 4.00. The lowest BCUT2D eigenvalue weighted by atomic mass is 9.98. The molecule has 1 saturated carbocycles. The molecule has 1 aliphatic rings. The molecule has 1 aliphatic carbocycles. The highest BCUT2D eigenvalue weighted by molar-refractivity contribution is 5.94. The predicted octanol–water partition coefficient (Wildman–Crippen LogP) is 4.63. The van der Waals surface area contributed by atoms with Gasteiger partial charge >= 0.3 is 5.97 Å². The molecule has 1 aromatic heterocycles. The second-order valence-electron chi connectivity index (χ2n) is 6.29. The molecule has 0 aliphatic heterocycles. The number of rotatable bonds is 5. The van der Waals surface area contributed by atoms with Gasteiger partial charge in [-0.05, 0) is 39.5 Å². The van der Waals surface area contributed by atoms with E-state index in [-0.39, 0.29) is 18.0 Å². The molecule has 2 aromatic rings. The Hall–Kier alpha value is -2.17. The van der Waals surface area contributed by atoms with Gasteiger partial charge in [-0.1, -0.05) is 6.42 Å². The second-order valence-corrected chi connectivity index (χ2v) is 6.29. The van der Waals surface area contributed by atoms with Gasteiger partial charge in [0, 0.05) is 18.2 Å². The summed E-state index contributed by atoms with van der Waals surface area (Å²) in [5.41, 5.74) is 0.478. The summed E-state index contributed by atoms with van der Waals surface area (Å²) in [7, 11) is 0. The second kappa shape index (κ2) is 6.52. The summed E-state index contributed by atoms with van der Waals surface area (Å²) in [4.78, 5) is 11.1. The number of ether oxygens (including phenoxy) is 2. The van der Waals surface area contributed by atoms with Crippen LogP contribution < -0.4 is 9.47 Å². The smallest absolute Gasteiger partial charge is 0.371 e. The van der Waals surface area contributed by atoms with Gasteiger partial charge in [-0.2, -0.15) is 0 Å². The summed E-state index contributed by atoms with van der Waals surface area (Å²) in [5.74, 6) is 0.0840. The molecule has 0 spiro atoms. The zero-order valence-electron chi connectivity index (χ0n) is 13.5. The van der Waals surface area contributed by atoms with Crippen molar-refractivity contribution < 1.29 is 23.8 Å². The Labute approximate surface area is 135 Å². The number of aromatic carboxylic acids is 1. The van der Waals surface area contributed by atoms with Gasteiger partial charge in [0.2, 0.25) is 5.76 Å². The first-order valence-corrected chi connectivity index (χ1v) is 8.17. The van der Waals surface area contributed by atoms with Crippen molar-refractivity contribution in [2.75, 3.05) is 0 Å². The SMILES string of the molecule is CC(C)Oc1cc(OC2CCCCC2)cc2oc(C(=O)O)cc12. The number of fused-ring (bicyclic) bond motifs is 1. The van der Waals surface area contributed by atoms with Crippen LogP contribution in [-0.4, -0.2) is 23.3 Å². The molecule has 1 heterocycles. The quantitative estimate of drug-likeness (QED) is 0.870. The minimum absolute atomic E-state index is 0.0219. The van der Waals surface area contributed by atoms with Crippen molar-refractivity contribution in [1.29, 1.82) is 0 Å². The van der Waals surface area contributed by atoms with Crippen molar-refractivity contribution >= 4 is 16.9 Å². The molecule has 5 heteroatoms. The van der Waals surface area contributed by atoms with E-state index < -0.39 is 5.97 Å². The van der Waals surface area contributed by atoms with Crippen LogP contribution in [-0.2, 0) is 0 Å². The lowest BCUT2D eigenvalue weighted by Gasteiger charge is -2.23. The topological polar surface area (TPSA) is 68.9 Å². The highest BCUT2D eigenvalue weighted by atomic mass is 16.5. The van der Waals surface area contributed by atoms with E-state index in [0.717, 1.165) is 12.8 Å². The summed E-state index contributed by atoms with van der Waals surface area (Å²) in [6, 6.07) is 5.08. The standard InChI is InChI=1S/C18H22O5/c1-11(2)21-15-8-13(22-12-6-4-3-5-7-12)9-16-14(15)10-17(23-16)18(19)20/h8-12H,3-7H2,1-2H3,(H,19,20). The average Bonchev–Trinajstić information content (AvgIpc) is 2.92. The number of hydrogen-bond acceptors (Lipinski definition) is 4. The third-order valence-electron chi connectivity index (χ3n) is 4.00. The van der Waals surface area contributed by atoms with Crippen LogP contribution in [0.2, 0.25) is 0 Å². The lowest BCUT2D eigenvalue weighted by Crippen LogP contribution is -2.19. The minimum atomic E-state index is -1.09. The fraction of sp³-hybridized carbons (Fsp3) is 0.500. The van der Waals surface area contributed by atoms with Crippen LogP contribution in [0, 0.1) is 0 Å². The minimum Gasteiger partial charge on any atom is -0.490 e. The van der Waals surface area contributed by atoms with E-state index in [1.807, 2.05) is 19.9 Å². The number of carboxylic acid groups (broad SMARTS) is 1. The molecule has 0 bridgehead atoms. The fourth-order valence-corrected chi connectivity index (χ4v) is 2.98. The molecule has 0 unspecified atom stereocenters.